The fourth-order valence-corrected chi connectivity index (χ4v) is 5.54. The number of likely N-dealkylation sites (tertiary alicyclic amines) is 3. The van der Waals surface area contributed by atoms with Crippen LogP contribution in [0.1, 0.15) is 52.4 Å². The largest absolute Gasteiger partial charge is 0.332 e. The van der Waals surface area contributed by atoms with Gasteiger partial charge in [0, 0.05) is 25.2 Å². The van der Waals surface area contributed by atoms with E-state index in [1.54, 1.807) is 0 Å². The maximum atomic E-state index is 12.0. The molecule has 0 saturated carbocycles. The maximum absolute atomic E-state index is 12.0. The fraction of sp³-hybridized carbons (Fsp3) is 0.950. The van der Waals surface area contributed by atoms with E-state index in [4.69, 9.17) is 0 Å². The molecule has 0 radical (unpaired) electrons. The molecule has 4 nitrogen and oxygen atoms in total. The predicted octanol–water partition coefficient (Wildman–Crippen LogP) is 3.77. The van der Waals surface area contributed by atoms with E-state index in [9.17, 15) is 4.79 Å². The molecule has 0 aliphatic carbocycles. The number of piperidine rings is 3. The molecule has 0 N–H and O–H groups in total. The quantitative estimate of drug-likeness (QED) is 0.759. The van der Waals surface area contributed by atoms with Crippen LogP contribution in [-0.4, -0.2) is 77.5 Å². The smallest absolute Gasteiger partial charge is 0.281 e. The number of thioether (sulfide) groups is 1. The van der Waals surface area contributed by atoms with Crippen molar-refractivity contribution in [3.8, 4) is 0 Å². The highest BCUT2D eigenvalue weighted by Gasteiger charge is 2.33. The molecule has 3 heterocycles. The first-order valence-electron chi connectivity index (χ1n) is 10.4. The Hall–Kier alpha value is -0.260. The monoisotopic (exact) mass is 367 g/mol. The number of carbonyl (C=O) groups is 1. The zero-order valence-electron chi connectivity index (χ0n) is 16.5. The van der Waals surface area contributed by atoms with Crippen LogP contribution >= 0.6 is 11.8 Å². The van der Waals surface area contributed by atoms with Gasteiger partial charge in [-0.05, 0) is 82.8 Å². The van der Waals surface area contributed by atoms with Crippen LogP contribution in [0.25, 0.3) is 0 Å². The fourth-order valence-electron chi connectivity index (χ4n) is 5.12. The number of amides is 1. The summed E-state index contributed by atoms with van der Waals surface area (Å²) in [6.45, 7) is 11.7. The van der Waals surface area contributed by atoms with Crippen LogP contribution in [0.15, 0.2) is 0 Å². The van der Waals surface area contributed by atoms with Gasteiger partial charge in [-0.1, -0.05) is 25.6 Å². The minimum Gasteiger partial charge on any atom is -0.332 e. The summed E-state index contributed by atoms with van der Waals surface area (Å²) >= 11 is 1.36. The highest BCUT2D eigenvalue weighted by Crippen LogP contribution is 2.29. The molecule has 3 aliphatic heterocycles. The van der Waals surface area contributed by atoms with E-state index in [1.165, 1.54) is 76.5 Å². The van der Waals surface area contributed by atoms with Crippen LogP contribution in [-0.2, 0) is 0 Å². The lowest BCUT2D eigenvalue weighted by Gasteiger charge is -2.46. The van der Waals surface area contributed by atoms with Gasteiger partial charge in [-0.15, -0.1) is 0 Å². The number of hydrogen-bond donors (Lipinski definition) is 0. The Bertz CT molecular complexity index is 429. The van der Waals surface area contributed by atoms with Crippen LogP contribution in [0, 0.1) is 11.8 Å². The normalized spacial score (nSPS) is 28.6. The molecule has 25 heavy (non-hydrogen) atoms. The predicted molar refractivity (Wildman–Crippen MR) is 107 cm³/mol. The SMILES string of the molecule is CSC(=O)N1CCCC(N2CCC(N3CCC(C(C)C)CC3)CC2)C1. The molecule has 0 spiro atoms. The van der Waals surface area contributed by atoms with Crippen molar-refractivity contribution in [3.63, 3.8) is 0 Å². The average molecular weight is 368 g/mol. The molecule has 3 aliphatic rings. The zero-order chi connectivity index (χ0) is 17.8. The lowest BCUT2D eigenvalue weighted by atomic mass is 9.85. The zero-order valence-corrected chi connectivity index (χ0v) is 17.3. The van der Waals surface area contributed by atoms with Gasteiger partial charge in [0.1, 0.15) is 0 Å². The lowest BCUT2D eigenvalue weighted by molar-refractivity contribution is 0.0408. The van der Waals surface area contributed by atoms with Crippen molar-refractivity contribution in [1.29, 1.82) is 0 Å². The van der Waals surface area contributed by atoms with Crippen molar-refractivity contribution in [1.82, 2.24) is 14.7 Å². The Morgan fingerprint density at radius 2 is 1.48 bits per heavy atom. The van der Waals surface area contributed by atoms with Crippen molar-refractivity contribution in [3.05, 3.63) is 0 Å². The van der Waals surface area contributed by atoms with Crippen molar-refractivity contribution in [2.45, 2.75) is 64.5 Å². The Balaban J connectivity index is 1.43. The standard InChI is InChI=1S/C20H37N3OS/c1-16(2)17-6-11-21(12-7-17)18-8-13-22(14-9-18)19-5-4-10-23(15-19)20(24)25-3/h16-19H,4-15H2,1-3H3. The van der Waals surface area contributed by atoms with Crippen molar-refractivity contribution in [2.75, 3.05) is 45.5 Å². The summed E-state index contributed by atoms with van der Waals surface area (Å²) in [5, 5.41) is 0.257. The van der Waals surface area contributed by atoms with Crippen LogP contribution in [0.2, 0.25) is 0 Å². The van der Waals surface area contributed by atoms with Crippen LogP contribution in [0.5, 0.6) is 0 Å². The second-order valence-corrected chi connectivity index (χ2v) is 9.35. The minimum absolute atomic E-state index is 0.257. The third-order valence-electron chi connectivity index (χ3n) is 6.88. The topological polar surface area (TPSA) is 26.8 Å². The van der Waals surface area contributed by atoms with Gasteiger partial charge in [0.05, 0.1) is 0 Å². The van der Waals surface area contributed by atoms with E-state index in [2.05, 4.69) is 28.5 Å². The van der Waals surface area contributed by atoms with Crippen molar-refractivity contribution < 1.29 is 4.79 Å². The maximum Gasteiger partial charge on any atom is 0.281 e. The lowest BCUT2D eigenvalue weighted by Crippen LogP contribution is -2.54. The molecular weight excluding hydrogens is 330 g/mol. The Morgan fingerprint density at radius 3 is 2.08 bits per heavy atom. The molecule has 5 heteroatoms. The average Bonchev–Trinajstić information content (AvgIpc) is 2.67. The van der Waals surface area contributed by atoms with E-state index in [1.807, 2.05) is 6.26 Å². The van der Waals surface area contributed by atoms with Gasteiger partial charge in [0.25, 0.3) is 5.24 Å². The molecule has 0 aromatic heterocycles. The van der Waals surface area contributed by atoms with E-state index in [0.717, 1.165) is 31.0 Å². The molecule has 0 aromatic carbocycles. The van der Waals surface area contributed by atoms with Gasteiger partial charge in [0.2, 0.25) is 0 Å². The van der Waals surface area contributed by atoms with Gasteiger partial charge in [0.15, 0.2) is 0 Å². The van der Waals surface area contributed by atoms with Gasteiger partial charge < -0.3 is 9.80 Å². The first kappa shape index (κ1) is 19.5. The molecular formula is C20H37N3OS. The Labute approximate surface area is 158 Å². The van der Waals surface area contributed by atoms with E-state index >= 15 is 0 Å². The van der Waals surface area contributed by atoms with Gasteiger partial charge in [-0.3, -0.25) is 9.69 Å². The molecule has 3 rings (SSSR count). The molecule has 0 aromatic rings. The summed E-state index contributed by atoms with van der Waals surface area (Å²) < 4.78 is 0. The summed E-state index contributed by atoms with van der Waals surface area (Å²) in [5.74, 6) is 1.79. The summed E-state index contributed by atoms with van der Waals surface area (Å²) in [4.78, 5) is 19.5. The van der Waals surface area contributed by atoms with Crippen LogP contribution in [0.4, 0.5) is 4.79 Å². The highest BCUT2D eigenvalue weighted by atomic mass is 32.2. The van der Waals surface area contributed by atoms with E-state index < -0.39 is 0 Å². The van der Waals surface area contributed by atoms with Gasteiger partial charge >= 0.3 is 0 Å². The van der Waals surface area contributed by atoms with Gasteiger partial charge in [-0.2, -0.15) is 0 Å². The summed E-state index contributed by atoms with van der Waals surface area (Å²) in [7, 11) is 0. The van der Waals surface area contributed by atoms with E-state index in [-0.39, 0.29) is 5.24 Å². The molecule has 3 saturated heterocycles. The first-order valence-corrected chi connectivity index (χ1v) is 11.6. The minimum atomic E-state index is 0.257. The van der Waals surface area contributed by atoms with Crippen LogP contribution < -0.4 is 0 Å². The molecule has 3 fully saturated rings. The first-order chi connectivity index (χ1) is 12.1. The Morgan fingerprint density at radius 1 is 0.880 bits per heavy atom. The number of rotatable bonds is 3. The molecule has 1 unspecified atom stereocenters. The van der Waals surface area contributed by atoms with Crippen molar-refractivity contribution in [2.24, 2.45) is 11.8 Å². The highest BCUT2D eigenvalue weighted by molar-refractivity contribution is 8.12. The Kier molecular flexibility index (Phi) is 7.09. The van der Waals surface area contributed by atoms with Gasteiger partial charge in [-0.25, -0.2) is 0 Å². The van der Waals surface area contributed by atoms with Crippen molar-refractivity contribution >= 4 is 17.0 Å². The molecule has 1 amide bonds. The number of carbonyl (C=O) groups excluding carboxylic acids is 1. The summed E-state index contributed by atoms with van der Waals surface area (Å²) in [6.07, 6.45) is 9.76. The number of nitrogens with zero attached hydrogens (tertiary/aromatic N) is 3. The molecule has 0 bridgehead atoms. The summed E-state index contributed by atoms with van der Waals surface area (Å²) in [6, 6.07) is 1.40. The second-order valence-electron chi connectivity index (χ2n) is 8.60. The summed E-state index contributed by atoms with van der Waals surface area (Å²) in [5.41, 5.74) is 0. The van der Waals surface area contributed by atoms with Crippen LogP contribution in [0.3, 0.4) is 0 Å². The molecule has 1 atom stereocenters. The number of hydrogen-bond acceptors (Lipinski definition) is 4. The third kappa shape index (κ3) is 4.92. The third-order valence-corrected chi connectivity index (χ3v) is 7.49. The molecule has 144 valence electrons. The van der Waals surface area contributed by atoms with E-state index in [0.29, 0.717) is 6.04 Å². The second kappa shape index (κ2) is 9.09.